The normalized spacial score (nSPS) is 15.5. The molecule has 2 amide bonds. The van der Waals surface area contributed by atoms with E-state index in [2.05, 4.69) is 17.4 Å². The Morgan fingerprint density at radius 2 is 1.66 bits per heavy atom. The van der Waals surface area contributed by atoms with Crippen molar-refractivity contribution in [3.05, 3.63) is 100 Å². The number of hydrogen-bond acceptors (Lipinski definition) is 2. The molecule has 0 fully saturated rings. The number of hydrogen-bond donors (Lipinski definition) is 1. The second kappa shape index (κ2) is 8.10. The Morgan fingerprint density at radius 3 is 2.34 bits per heavy atom. The Hall–Kier alpha value is -3.11. The van der Waals surface area contributed by atoms with Gasteiger partial charge in [-0.2, -0.15) is 0 Å². The van der Waals surface area contributed by atoms with Crippen molar-refractivity contribution in [2.75, 3.05) is 11.9 Å². The average Bonchev–Trinajstić information content (AvgIpc) is 2.74. The Kier molecular flexibility index (Phi) is 5.36. The molecule has 0 spiro atoms. The SMILES string of the molecule is CC(=O)c1ccc(NC(=O)N2CCc3ccccc3C2c2ccc(Cl)cc2)cc1. The van der Waals surface area contributed by atoms with Gasteiger partial charge in [0, 0.05) is 22.8 Å². The third-order valence-corrected chi connectivity index (χ3v) is 5.52. The third-order valence-electron chi connectivity index (χ3n) is 5.27. The maximum absolute atomic E-state index is 13.2. The monoisotopic (exact) mass is 404 g/mol. The molecule has 3 aromatic carbocycles. The summed E-state index contributed by atoms with van der Waals surface area (Å²) in [5.74, 6) is -0.00156. The first-order valence-electron chi connectivity index (χ1n) is 9.55. The summed E-state index contributed by atoms with van der Waals surface area (Å²) < 4.78 is 0. The molecule has 29 heavy (non-hydrogen) atoms. The zero-order valence-electron chi connectivity index (χ0n) is 16.1. The van der Waals surface area contributed by atoms with E-state index in [-0.39, 0.29) is 17.9 Å². The fourth-order valence-electron chi connectivity index (χ4n) is 3.77. The summed E-state index contributed by atoms with van der Waals surface area (Å²) in [4.78, 5) is 26.5. The molecule has 0 radical (unpaired) electrons. The van der Waals surface area contributed by atoms with Crippen LogP contribution < -0.4 is 5.32 Å². The lowest BCUT2D eigenvalue weighted by atomic mass is 9.88. The van der Waals surface area contributed by atoms with Gasteiger partial charge in [0.25, 0.3) is 0 Å². The first-order chi connectivity index (χ1) is 14.0. The van der Waals surface area contributed by atoms with Gasteiger partial charge in [-0.05, 0) is 66.4 Å². The molecule has 1 heterocycles. The zero-order chi connectivity index (χ0) is 20.4. The van der Waals surface area contributed by atoms with Crippen molar-refractivity contribution in [3.8, 4) is 0 Å². The van der Waals surface area contributed by atoms with Crippen LogP contribution in [0.15, 0.2) is 72.8 Å². The number of halogens is 1. The Bertz CT molecular complexity index is 1050. The highest BCUT2D eigenvalue weighted by atomic mass is 35.5. The summed E-state index contributed by atoms with van der Waals surface area (Å²) in [7, 11) is 0. The van der Waals surface area contributed by atoms with E-state index in [1.165, 1.54) is 12.5 Å². The van der Waals surface area contributed by atoms with Crippen LogP contribution in [-0.2, 0) is 6.42 Å². The van der Waals surface area contributed by atoms with E-state index in [1.807, 2.05) is 41.3 Å². The van der Waals surface area contributed by atoms with Crippen molar-refractivity contribution in [3.63, 3.8) is 0 Å². The number of rotatable bonds is 3. The molecule has 5 heteroatoms. The smallest absolute Gasteiger partial charge is 0.313 e. The molecule has 3 aromatic rings. The number of nitrogens with zero attached hydrogens (tertiary/aromatic N) is 1. The van der Waals surface area contributed by atoms with Gasteiger partial charge >= 0.3 is 6.03 Å². The number of Topliss-reactive ketones (excluding diaryl/α,β-unsaturated/α-hetero) is 1. The molecule has 0 bridgehead atoms. The van der Waals surface area contributed by atoms with Crippen molar-refractivity contribution in [2.24, 2.45) is 0 Å². The number of anilines is 1. The molecule has 0 saturated heterocycles. The summed E-state index contributed by atoms with van der Waals surface area (Å²) in [6, 6.07) is 22.5. The van der Waals surface area contributed by atoms with Gasteiger partial charge in [0.15, 0.2) is 5.78 Å². The molecule has 1 atom stereocenters. The summed E-state index contributed by atoms with van der Waals surface area (Å²) in [5, 5.41) is 3.64. The van der Waals surface area contributed by atoms with Crippen molar-refractivity contribution < 1.29 is 9.59 Å². The quantitative estimate of drug-likeness (QED) is 0.567. The average molecular weight is 405 g/mol. The molecule has 0 aromatic heterocycles. The van der Waals surface area contributed by atoms with Crippen LogP contribution in [0, 0.1) is 0 Å². The molecule has 0 saturated carbocycles. The van der Waals surface area contributed by atoms with Gasteiger partial charge in [0.1, 0.15) is 0 Å². The summed E-state index contributed by atoms with van der Waals surface area (Å²) in [6.07, 6.45) is 0.803. The third kappa shape index (κ3) is 4.03. The van der Waals surface area contributed by atoms with Crippen molar-refractivity contribution in [2.45, 2.75) is 19.4 Å². The largest absolute Gasteiger partial charge is 0.322 e. The van der Waals surface area contributed by atoms with Gasteiger partial charge in [-0.3, -0.25) is 4.79 Å². The van der Waals surface area contributed by atoms with Gasteiger partial charge in [-0.15, -0.1) is 0 Å². The number of ketones is 1. The molecular weight excluding hydrogens is 384 g/mol. The Balaban J connectivity index is 1.64. The van der Waals surface area contributed by atoms with Crippen molar-refractivity contribution in [1.29, 1.82) is 0 Å². The number of urea groups is 1. The summed E-state index contributed by atoms with van der Waals surface area (Å²) >= 11 is 6.08. The molecule has 1 aliphatic rings. The first kappa shape index (κ1) is 19.2. The molecular formula is C24H21ClN2O2. The number of carbonyl (C=O) groups is 2. The minimum absolute atomic E-state index is 0.00156. The Labute approximate surface area is 175 Å². The van der Waals surface area contributed by atoms with Crippen LogP contribution in [0.4, 0.5) is 10.5 Å². The van der Waals surface area contributed by atoms with Crippen LogP contribution in [0.1, 0.15) is 40.0 Å². The van der Waals surface area contributed by atoms with Gasteiger partial charge < -0.3 is 10.2 Å². The molecule has 1 aliphatic heterocycles. The number of nitrogens with one attached hydrogen (secondary N) is 1. The van der Waals surface area contributed by atoms with Crippen LogP contribution in [-0.4, -0.2) is 23.3 Å². The summed E-state index contributed by atoms with van der Waals surface area (Å²) in [6.45, 7) is 2.14. The molecule has 1 unspecified atom stereocenters. The van der Waals surface area contributed by atoms with Gasteiger partial charge in [-0.1, -0.05) is 48.0 Å². The fourth-order valence-corrected chi connectivity index (χ4v) is 3.90. The molecule has 146 valence electrons. The van der Waals surface area contributed by atoms with Crippen LogP contribution in [0.3, 0.4) is 0 Å². The van der Waals surface area contributed by atoms with E-state index in [9.17, 15) is 9.59 Å². The number of benzene rings is 3. The maximum Gasteiger partial charge on any atom is 0.322 e. The lowest BCUT2D eigenvalue weighted by Gasteiger charge is -2.37. The second-order valence-corrected chi connectivity index (χ2v) is 7.60. The number of amides is 2. The highest BCUT2D eigenvalue weighted by molar-refractivity contribution is 6.30. The van der Waals surface area contributed by atoms with Crippen molar-refractivity contribution in [1.82, 2.24) is 4.90 Å². The molecule has 4 nitrogen and oxygen atoms in total. The Morgan fingerprint density at radius 1 is 0.966 bits per heavy atom. The zero-order valence-corrected chi connectivity index (χ0v) is 16.8. The first-order valence-corrected chi connectivity index (χ1v) is 9.92. The number of fused-ring (bicyclic) bond motifs is 1. The lowest BCUT2D eigenvalue weighted by molar-refractivity contribution is 0.101. The predicted molar refractivity (Wildman–Crippen MR) is 116 cm³/mol. The molecule has 4 rings (SSSR count). The topological polar surface area (TPSA) is 49.4 Å². The van der Waals surface area contributed by atoms with Gasteiger partial charge in [0.2, 0.25) is 0 Å². The minimum Gasteiger partial charge on any atom is -0.313 e. The van der Waals surface area contributed by atoms with E-state index < -0.39 is 0 Å². The van der Waals surface area contributed by atoms with E-state index in [0.29, 0.717) is 22.8 Å². The number of carbonyl (C=O) groups excluding carboxylic acids is 2. The van der Waals surface area contributed by atoms with Crippen LogP contribution in [0.5, 0.6) is 0 Å². The minimum atomic E-state index is -0.186. The fraction of sp³-hybridized carbons (Fsp3) is 0.167. The van der Waals surface area contributed by atoms with Gasteiger partial charge in [-0.25, -0.2) is 4.79 Å². The second-order valence-electron chi connectivity index (χ2n) is 7.16. The van der Waals surface area contributed by atoms with Crippen LogP contribution in [0.2, 0.25) is 5.02 Å². The molecule has 0 aliphatic carbocycles. The van der Waals surface area contributed by atoms with Crippen LogP contribution in [0.25, 0.3) is 0 Å². The van der Waals surface area contributed by atoms with E-state index in [0.717, 1.165) is 17.5 Å². The predicted octanol–water partition coefficient (Wildman–Crippen LogP) is 5.72. The van der Waals surface area contributed by atoms with E-state index in [4.69, 9.17) is 11.6 Å². The highest BCUT2D eigenvalue weighted by Crippen LogP contribution is 2.36. The van der Waals surface area contributed by atoms with E-state index in [1.54, 1.807) is 24.3 Å². The standard InChI is InChI=1S/C24H21ClN2O2/c1-16(28)17-8-12-21(13-9-17)26-24(29)27-15-14-18-4-2-3-5-22(18)23(27)19-6-10-20(25)11-7-19/h2-13,23H,14-15H2,1H3,(H,26,29). The maximum atomic E-state index is 13.2. The molecule has 1 N–H and O–H groups in total. The van der Waals surface area contributed by atoms with Crippen molar-refractivity contribution >= 4 is 29.1 Å². The highest BCUT2D eigenvalue weighted by Gasteiger charge is 2.32. The summed E-state index contributed by atoms with van der Waals surface area (Å²) in [5.41, 5.74) is 4.68. The lowest BCUT2D eigenvalue weighted by Crippen LogP contribution is -2.43. The van der Waals surface area contributed by atoms with Gasteiger partial charge in [0.05, 0.1) is 6.04 Å². The van der Waals surface area contributed by atoms with Crippen LogP contribution >= 0.6 is 11.6 Å². The van der Waals surface area contributed by atoms with E-state index >= 15 is 0 Å².